The van der Waals surface area contributed by atoms with Crippen LogP contribution in [0.3, 0.4) is 0 Å². The molecule has 1 aromatic carbocycles. The van der Waals surface area contributed by atoms with Crippen LogP contribution in [0, 0.1) is 6.92 Å². The number of urea groups is 1. The SMILES string of the molecule is Cc1ccc(OCC(=O)NC(=O)NC2CC2)cc1. The average Bonchev–Trinajstić information content (AvgIpc) is 3.12. The molecule has 0 aromatic heterocycles. The van der Waals surface area contributed by atoms with E-state index in [-0.39, 0.29) is 12.6 Å². The van der Waals surface area contributed by atoms with Crippen LogP contribution in [-0.4, -0.2) is 24.6 Å². The molecule has 1 aromatic rings. The van der Waals surface area contributed by atoms with Crippen LogP contribution in [-0.2, 0) is 4.79 Å². The average molecular weight is 248 g/mol. The molecule has 5 nitrogen and oxygen atoms in total. The number of nitrogens with one attached hydrogen (secondary N) is 2. The summed E-state index contributed by atoms with van der Waals surface area (Å²) in [6, 6.07) is 7.14. The summed E-state index contributed by atoms with van der Waals surface area (Å²) in [5.41, 5.74) is 1.12. The highest BCUT2D eigenvalue weighted by molar-refractivity contribution is 5.95. The van der Waals surface area contributed by atoms with Crippen LogP contribution in [0.25, 0.3) is 0 Å². The molecule has 5 heteroatoms. The number of carbonyl (C=O) groups excluding carboxylic acids is 2. The Morgan fingerprint density at radius 1 is 1.28 bits per heavy atom. The van der Waals surface area contributed by atoms with Gasteiger partial charge < -0.3 is 10.1 Å². The fourth-order valence-corrected chi connectivity index (χ4v) is 1.40. The van der Waals surface area contributed by atoms with E-state index in [4.69, 9.17) is 4.74 Å². The van der Waals surface area contributed by atoms with E-state index >= 15 is 0 Å². The molecular weight excluding hydrogens is 232 g/mol. The van der Waals surface area contributed by atoms with E-state index in [1.54, 1.807) is 12.1 Å². The van der Waals surface area contributed by atoms with Gasteiger partial charge >= 0.3 is 6.03 Å². The Morgan fingerprint density at radius 3 is 2.56 bits per heavy atom. The first kappa shape index (κ1) is 12.4. The van der Waals surface area contributed by atoms with Crippen LogP contribution in [0.1, 0.15) is 18.4 Å². The summed E-state index contributed by atoms with van der Waals surface area (Å²) < 4.78 is 5.25. The summed E-state index contributed by atoms with van der Waals surface area (Å²) >= 11 is 0. The standard InChI is InChI=1S/C13H16N2O3/c1-9-2-6-11(7-3-9)18-8-12(16)15-13(17)14-10-4-5-10/h2-3,6-7,10H,4-5,8H2,1H3,(H2,14,15,16,17). The maximum Gasteiger partial charge on any atom is 0.321 e. The Labute approximate surface area is 106 Å². The number of hydrogen-bond acceptors (Lipinski definition) is 3. The highest BCUT2D eigenvalue weighted by Crippen LogP contribution is 2.18. The van der Waals surface area contributed by atoms with Crippen molar-refractivity contribution in [3.05, 3.63) is 29.8 Å². The molecule has 0 spiro atoms. The van der Waals surface area contributed by atoms with E-state index < -0.39 is 11.9 Å². The smallest absolute Gasteiger partial charge is 0.321 e. The lowest BCUT2D eigenvalue weighted by atomic mass is 10.2. The van der Waals surface area contributed by atoms with Gasteiger partial charge in [0.15, 0.2) is 6.61 Å². The van der Waals surface area contributed by atoms with Gasteiger partial charge in [0, 0.05) is 6.04 Å². The molecule has 2 N–H and O–H groups in total. The maximum absolute atomic E-state index is 11.4. The molecule has 0 unspecified atom stereocenters. The topological polar surface area (TPSA) is 67.4 Å². The third-order valence-electron chi connectivity index (χ3n) is 2.56. The van der Waals surface area contributed by atoms with E-state index in [1.165, 1.54) is 0 Å². The van der Waals surface area contributed by atoms with Gasteiger partial charge in [0.05, 0.1) is 0 Å². The van der Waals surface area contributed by atoms with Crippen LogP contribution in [0.15, 0.2) is 24.3 Å². The first-order valence-corrected chi connectivity index (χ1v) is 5.93. The van der Waals surface area contributed by atoms with Gasteiger partial charge in [-0.1, -0.05) is 17.7 Å². The van der Waals surface area contributed by atoms with Crippen molar-refractivity contribution in [1.82, 2.24) is 10.6 Å². The van der Waals surface area contributed by atoms with Gasteiger partial charge in [0.25, 0.3) is 5.91 Å². The second-order valence-corrected chi connectivity index (χ2v) is 4.40. The molecule has 0 bridgehead atoms. The van der Waals surface area contributed by atoms with Crippen molar-refractivity contribution in [2.75, 3.05) is 6.61 Å². The van der Waals surface area contributed by atoms with E-state index in [0.717, 1.165) is 18.4 Å². The second kappa shape index (κ2) is 5.53. The number of rotatable bonds is 4. The molecule has 2 rings (SSSR count). The number of benzene rings is 1. The number of hydrogen-bond donors (Lipinski definition) is 2. The van der Waals surface area contributed by atoms with Crippen LogP contribution in [0.4, 0.5) is 4.79 Å². The lowest BCUT2D eigenvalue weighted by Crippen LogP contribution is -2.42. The third kappa shape index (κ3) is 4.08. The Hall–Kier alpha value is -2.04. The van der Waals surface area contributed by atoms with Crippen LogP contribution in [0.2, 0.25) is 0 Å². The van der Waals surface area contributed by atoms with E-state index in [9.17, 15) is 9.59 Å². The summed E-state index contributed by atoms with van der Waals surface area (Å²) in [6.45, 7) is 1.81. The lowest BCUT2D eigenvalue weighted by Gasteiger charge is -2.07. The normalized spacial score (nSPS) is 13.8. The molecule has 0 heterocycles. The zero-order valence-electron chi connectivity index (χ0n) is 10.2. The molecule has 0 aliphatic heterocycles. The second-order valence-electron chi connectivity index (χ2n) is 4.40. The molecule has 0 saturated heterocycles. The lowest BCUT2D eigenvalue weighted by molar-refractivity contribution is -0.122. The third-order valence-corrected chi connectivity index (χ3v) is 2.56. The number of amides is 3. The van der Waals surface area contributed by atoms with Crippen molar-refractivity contribution < 1.29 is 14.3 Å². The van der Waals surface area contributed by atoms with Crippen molar-refractivity contribution in [2.24, 2.45) is 0 Å². The van der Waals surface area contributed by atoms with Crippen molar-refractivity contribution >= 4 is 11.9 Å². The molecule has 18 heavy (non-hydrogen) atoms. The summed E-state index contributed by atoms with van der Waals surface area (Å²) in [4.78, 5) is 22.7. The highest BCUT2D eigenvalue weighted by atomic mass is 16.5. The van der Waals surface area contributed by atoms with Gasteiger partial charge in [0.2, 0.25) is 0 Å². The Kier molecular flexibility index (Phi) is 3.82. The predicted molar refractivity (Wildman–Crippen MR) is 66.4 cm³/mol. The summed E-state index contributed by atoms with van der Waals surface area (Å²) in [5, 5.41) is 4.88. The van der Waals surface area contributed by atoms with Gasteiger partial charge in [-0.05, 0) is 31.9 Å². The van der Waals surface area contributed by atoms with E-state index in [2.05, 4.69) is 10.6 Å². The molecule has 0 radical (unpaired) electrons. The first-order valence-electron chi connectivity index (χ1n) is 5.93. The molecular formula is C13H16N2O3. The molecule has 96 valence electrons. The monoisotopic (exact) mass is 248 g/mol. The van der Waals surface area contributed by atoms with E-state index in [1.807, 2.05) is 19.1 Å². The predicted octanol–water partition coefficient (Wildman–Crippen LogP) is 1.36. The van der Waals surface area contributed by atoms with Crippen molar-refractivity contribution in [1.29, 1.82) is 0 Å². The minimum absolute atomic E-state index is 0.166. The van der Waals surface area contributed by atoms with Gasteiger partial charge in [-0.3, -0.25) is 10.1 Å². The maximum atomic E-state index is 11.4. The van der Waals surface area contributed by atoms with Gasteiger partial charge in [-0.2, -0.15) is 0 Å². The van der Waals surface area contributed by atoms with Crippen molar-refractivity contribution in [2.45, 2.75) is 25.8 Å². The van der Waals surface area contributed by atoms with Crippen LogP contribution in [0.5, 0.6) is 5.75 Å². The largest absolute Gasteiger partial charge is 0.484 e. The van der Waals surface area contributed by atoms with Crippen molar-refractivity contribution in [3.8, 4) is 5.75 Å². The molecule has 1 aliphatic carbocycles. The fourth-order valence-electron chi connectivity index (χ4n) is 1.40. The Bertz CT molecular complexity index is 438. The fraction of sp³-hybridized carbons (Fsp3) is 0.385. The molecule has 0 atom stereocenters. The van der Waals surface area contributed by atoms with Gasteiger partial charge in [0.1, 0.15) is 5.75 Å². The minimum Gasteiger partial charge on any atom is -0.484 e. The minimum atomic E-state index is -0.450. The summed E-state index contributed by atoms with van der Waals surface area (Å²) in [6.07, 6.45) is 1.98. The number of ether oxygens (including phenoxy) is 1. The van der Waals surface area contributed by atoms with E-state index in [0.29, 0.717) is 5.75 Å². The number of carbonyl (C=O) groups is 2. The quantitative estimate of drug-likeness (QED) is 0.845. The van der Waals surface area contributed by atoms with Crippen LogP contribution < -0.4 is 15.4 Å². The highest BCUT2D eigenvalue weighted by Gasteiger charge is 2.23. The first-order chi connectivity index (χ1) is 8.63. The summed E-state index contributed by atoms with van der Waals surface area (Å²) in [7, 11) is 0. The zero-order valence-corrected chi connectivity index (χ0v) is 10.2. The molecule has 1 fully saturated rings. The summed E-state index contributed by atoms with van der Waals surface area (Å²) in [5.74, 6) is 0.159. The van der Waals surface area contributed by atoms with Gasteiger partial charge in [-0.25, -0.2) is 4.79 Å². The van der Waals surface area contributed by atoms with Crippen molar-refractivity contribution in [3.63, 3.8) is 0 Å². The molecule has 1 aliphatic rings. The van der Waals surface area contributed by atoms with Crippen LogP contribution >= 0.6 is 0 Å². The van der Waals surface area contributed by atoms with Gasteiger partial charge in [-0.15, -0.1) is 0 Å². The molecule has 3 amide bonds. The Morgan fingerprint density at radius 2 is 1.94 bits per heavy atom. The number of aryl methyl sites for hydroxylation is 1. The number of imide groups is 1. The molecule has 1 saturated carbocycles. The Balaban J connectivity index is 1.70. The zero-order chi connectivity index (χ0) is 13.0.